The maximum absolute atomic E-state index is 13.9. The summed E-state index contributed by atoms with van der Waals surface area (Å²) in [5.74, 6) is 0.477. The van der Waals surface area contributed by atoms with Gasteiger partial charge in [-0.25, -0.2) is 9.40 Å². The minimum atomic E-state index is -0.494. The number of benzene rings is 3. The second-order valence-electron chi connectivity index (χ2n) is 7.67. The van der Waals surface area contributed by atoms with Crippen LogP contribution in [0.3, 0.4) is 0 Å². The third-order valence-corrected chi connectivity index (χ3v) is 5.82. The van der Waals surface area contributed by atoms with E-state index in [9.17, 15) is 4.39 Å². The van der Waals surface area contributed by atoms with Gasteiger partial charge in [0.2, 0.25) is 6.23 Å². The first-order valence-electron chi connectivity index (χ1n) is 9.64. The Labute approximate surface area is 174 Å². The van der Waals surface area contributed by atoms with E-state index < -0.39 is 6.23 Å². The molecule has 3 aromatic rings. The van der Waals surface area contributed by atoms with Crippen LogP contribution in [0.25, 0.3) is 0 Å². The molecule has 0 spiro atoms. The zero-order valence-electron chi connectivity index (χ0n) is 16.2. The fraction of sp³-hybridized carbons (Fsp3) is 0.208. The summed E-state index contributed by atoms with van der Waals surface area (Å²) < 4.78 is 20.2. The number of nitrogens with zero attached hydrogens (tertiary/aromatic N) is 2. The van der Waals surface area contributed by atoms with Gasteiger partial charge in [0.1, 0.15) is 11.6 Å². The third kappa shape index (κ3) is 3.18. The molecule has 0 fully saturated rings. The van der Waals surface area contributed by atoms with Gasteiger partial charge < -0.3 is 4.74 Å². The lowest BCUT2D eigenvalue weighted by Crippen LogP contribution is -2.33. The molecule has 3 aromatic carbocycles. The molecule has 0 N–H and O–H groups in total. The van der Waals surface area contributed by atoms with Crippen LogP contribution in [-0.2, 0) is 0 Å². The van der Waals surface area contributed by atoms with E-state index in [1.54, 1.807) is 6.07 Å². The van der Waals surface area contributed by atoms with E-state index in [0.29, 0.717) is 5.02 Å². The molecule has 2 atom stereocenters. The van der Waals surface area contributed by atoms with Crippen molar-refractivity contribution >= 4 is 17.3 Å². The Morgan fingerprint density at radius 1 is 1.07 bits per heavy atom. The molecule has 146 valence electrons. The first kappa shape index (κ1) is 18.2. The smallest absolute Gasteiger partial charge is 0.213 e. The highest BCUT2D eigenvalue weighted by atomic mass is 35.5. The molecule has 0 bridgehead atoms. The second-order valence-corrected chi connectivity index (χ2v) is 8.11. The molecular formula is C24H20ClFN2O. The van der Waals surface area contributed by atoms with Crippen molar-refractivity contribution in [2.75, 3.05) is 0 Å². The van der Waals surface area contributed by atoms with Gasteiger partial charge in [-0.2, -0.15) is 5.10 Å². The molecule has 2 heterocycles. The van der Waals surface area contributed by atoms with Crippen molar-refractivity contribution in [2.24, 2.45) is 5.10 Å². The van der Waals surface area contributed by atoms with Crippen LogP contribution in [0.15, 0.2) is 65.8 Å². The van der Waals surface area contributed by atoms with Gasteiger partial charge in [0.05, 0.1) is 11.8 Å². The lowest BCUT2D eigenvalue weighted by Gasteiger charge is -2.38. The average molecular weight is 407 g/mol. The van der Waals surface area contributed by atoms with E-state index in [0.717, 1.165) is 34.6 Å². The topological polar surface area (TPSA) is 24.8 Å². The third-order valence-electron chi connectivity index (χ3n) is 5.59. The van der Waals surface area contributed by atoms with Crippen molar-refractivity contribution in [1.29, 1.82) is 0 Å². The Hall–Kier alpha value is -2.85. The van der Waals surface area contributed by atoms with Crippen molar-refractivity contribution in [3.8, 4) is 5.75 Å². The van der Waals surface area contributed by atoms with E-state index in [-0.39, 0.29) is 11.9 Å². The van der Waals surface area contributed by atoms with Crippen LogP contribution in [0.4, 0.5) is 4.39 Å². The van der Waals surface area contributed by atoms with Crippen LogP contribution in [0.2, 0.25) is 5.02 Å². The highest BCUT2D eigenvalue weighted by Gasteiger charge is 2.41. The Morgan fingerprint density at radius 3 is 2.76 bits per heavy atom. The molecule has 0 amide bonds. The van der Waals surface area contributed by atoms with Crippen LogP contribution >= 0.6 is 11.6 Å². The summed E-state index contributed by atoms with van der Waals surface area (Å²) in [7, 11) is 0. The molecule has 2 unspecified atom stereocenters. The van der Waals surface area contributed by atoms with E-state index >= 15 is 0 Å². The molecular weight excluding hydrogens is 387 g/mol. The normalized spacial score (nSPS) is 20.0. The Morgan fingerprint density at radius 2 is 1.93 bits per heavy atom. The highest BCUT2D eigenvalue weighted by Crippen LogP contribution is 2.48. The zero-order chi connectivity index (χ0) is 20.1. The SMILES string of the molecule is Cc1ccc(C)c(C2=NN3C(C2)c2cc(Cl)ccc2OC3c2cccc(F)c2)c1. The van der Waals surface area contributed by atoms with Gasteiger partial charge in [0.15, 0.2) is 0 Å². The average Bonchev–Trinajstić information content (AvgIpc) is 3.15. The van der Waals surface area contributed by atoms with Gasteiger partial charge in [-0.1, -0.05) is 41.4 Å². The molecule has 3 nitrogen and oxygen atoms in total. The predicted octanol–water partition coefficient (Wildman–Crippen LogP) is 6.34. The van der Waals surface area contributed by atoms with Crippen molar-refractivity contribution < 1.29 is 9.13 Å². The summed E-state index contributed by atoms with van der Waals surface area (Å²) in [6, 6.07) is 18.5. The van der Waals surface area contributed by atoms with Crippen LogP contribution < -0.4 is 4.74 Å². The quantitative estimate of drug-likeness (QED) is 0.496. The number of halogens is 2. The number of hydrogen-bond donors (Lipinski definition) is 0. The number of hydrazone groups is 1. The predicted molar refractivity (Wildman–Crippen MR) is 113 cm³/mol. The summed E-state index contributed by atoms with van der Waals surface area (Å²) in [6.45, 7) is 4.18. The van der Waals surface area contributed by atoms with Gasteiger partial charge in [0.25, 0.3) is 0 Å². The second kappa shape index (κ2) is 6.89. The first-order valence-corrected chi connectivity index (χ1v) is 10.0. The van der Waals surface area contributed by atoms with Crippen molar-refractivity contribution in [2.45, 2.75) is 32.5 Å². The summed E-state index contributed by atoms with van der Waals surface area (Å²) in [4.78, 5) is 0. The molecule has 2 aliphatic heterocycles. The molecule has 5 heteroatoms. The number of rotatable bonds is 2. The largest absolute Gasteiger partial charge is 0.464 e. The number of hydrogen-bond acceptors (Lipinski definition) is 3. The maximum atomic E-state index is 13.9. The van der Waals surface area contributed by atoms with E-state index in [2.05, 4.69) is 32.0 Å². The molecule has 0 saturated heterocycles. The highest BCUT2D eigenvalue weighted by molar-refractivity contribution is 6.30. The number of fused-ring (bicyclic) bond motifs is 3. The van der Waals surface area contributed by atoms with Crippen molar-refractivity contribution in [3.63, 3.8) is 0 Å². The van der Waals surface area contributed by atoms with E-state index in [1.807, 2.05) is 29.3 Å². The van der Waals surface area contributed by atoms with Gasteiger partial charge in [-0.05, 0) is 55.8 Å². The lowest BCUT2D eigenvalue weighted by molar-refractivity contribution is -0.0192. The van der Waals surface area contributed by atoms with E-state index in [1.165, 1.54) is 23.3 Å². The van der Waals surface area contributed by atoms with Crippen LogP contribution in [-0.4, -0.2) is 10.7 Å². The van der Waals surface area contributed by atoms with E-state index in [4.69, 9.17) is 21.4 Å². The molecule has 0 aliphatic carbocycles. The summed E-state index contributed by atoms with van der Waals surface area (Å²) in [5, 5.41) is 7.57. The molecule has 0 saturated carbocycles. The van der Waals surface area contributed by atoms with Crippen molar-refractivity contribution in [3.05, 3.63) is 99.3 Å². The lowest BCUT2D eigenvalue weighted by atomic mass is 9.93. The molecule has 2 aliphatic rings. The number of ether oxygens (including phenoxy) is 1. The summed E-state index contributed by atoms with van der Waals surface area (Å²) >= 11 is 6.28. The standard InChI is InChI=1S/C24H20ClFN2O/c1-14-6-7-15(2)19(10-14)21-13-22-20-12-17(25)8-9-23(20)29-24(28(22)27-21)16-4-3-5-18(26)11-16/h3-12,22,24H,13H2,1-2H3. The fourth-order valence-corrected chi connectivity index (χ4v) is 4.33. The molecule has 0 aromatic heterocycles. The maximum Gasteiger partial charge on any atom is 0.213 e. The summed E-state index contributed by atoms with van der Waals surface area (Å²) in [5.41, 5.74) is 6.27. The van der Waals surface area contributed by atoms with Crippen LogP contribution in [0.1, 0.15) is 46.5 Å². The van der Waals surface area contributed by atoms with Crippen molar-refractivity contribution in [1.82, 2.24) is 5.01 Å². The molecule has 0 radical (unpaired) electrons. The molecule has 29 heavy (non-hydrogen) atoms. The van der Waals surface area contributed by atoms with Gasteiger partial charge in [-0.15, -0.1) is 0 Å². The minimum absolute atomic E-state index is 0.0133. The summed E-state index contributed by atoms with van der Waals surface area (Å²) in [6.07, 6.45) is 0.249. The first-order chi connectivity index (χ1) is 14.0. The zero-order valence-corrected chi connectivity index (χ0v) is 16.9. The Bertz CT molecular complexity index is 1140. The Kier molecular flexibility index (Phi) is 4.32. The minimum Gasteiger partial charge on any atom is -0.464 e. The molecule has 5 rings (SSSR count). The Balaban J connectivity index is 1.64. The number of aryl methyl sites for hydroxylation is 2. The van der Waals surface area contributed by atoms with Gasteiger partial charge >= 0.3 is 0 Å². The van der Waals surface area contributed by atoms with Crippen LogP contribution in [0.5, 0.6) is 5.75 Å². The van der Waals surface area contributed by atoms with Crippen LogP contribution in [0, 0.1) is 19.7 Å². The van der Waals surface area contributed by atoms with Gasteiger partial charge in [0, 0.05) is 28.1 Å². The fourth-order valence-electron chi connectivity index (χ4n) is 4.15. The monoisotopic (exact) mass is 406 g/mol. The van der Waals surface area contributed by atoms with Gasteiger partial charge in [-0.3, -0.25) is 0 Å².